The van der Waals surface area contributed by atoms with E-state index in [-0.39, 0.29) is 24.9 Å². The van der Waals surface area contributed by atoms with Crippen molar-refractivity contribution in [2.75, 3.05) is 43.6 Å². The number of aldehydes is 1. The Kier molecular flexibility index (Phi) is 12.9. The molecule has 3 amide bonds. The smallest absolute Gasteiger partial charge is 0.410 e. The van der Waals surface area contributed by atoms with E-state index < -0.39 is 41.3 Å². The van der Waals surface area contributed by atoms with Crippen LogP contribution in [0.1, 0.15) is 79.6 Å². The van der Waals surface area contributed by atoms with Gasteiger partial charge in [-0.1, -0.05) is 66.7 Å². The first-order valence-corrected chi connectivity index (χ1v) is 23.1. The van der Waals surface area contributed by atoms with Gasteiger partial charge in [-0.25, -0.2) is 19.0 Å². The highest BCUT2D eigenvalue weighted by Gasteiger charge is 2.45. The lowest BCUT2D eigenvalue weighted by atomic mass is 9.97. The van der Waals surface area contributed by atoms with Gasteiger partial charge in [0.15, 0.2) is 0 Å². The van der Waals surface area contributed by atoms with Crippen LogP contribution in [0.2, 0.25) is 0 Å². The molecule has 68 heavy (non-hydrogen) atoms. The number of carbonyl (C=O) groups excluding carboxylic acids is 4. The third-order valence-corrected chi connectivity index (χ3v) is 13.6. The van der Waals surface area contributed by atoms with E-state index in [1.807, 2.05) is 66.7 Å². The Morgan fingerprint density at radius 2 is 1.60 bits per heavy atom. The van der Waals surface area contributed by atoms with Crippen LogP contribution in [0.4, 0.5) is 25.4 Å². The number of likely N-dealkylation sites (tertiary alicyclic amines) is 2. The van der Waals surface area contributed by atoms with Crippen LogP contribution < -0.4 is 15.5 Å². The Labute approximate surface area is 394 Å². The second-order valence-corrected chi connectivity index (χ2v) is 18.5. The fourth-order valence-corrected chi connectivity index (χ4v) is 10.0. The van der Waals surface area contributed by atoms with Crippen molar-refractivity contribution in [3.8, 4) is 11.1 Å². The molecular weight excluding hydrogens is 866 g/mol. The van der Waals surface area contributed by atoms with Gasteiger partial charge in [0.2, 0.25) is 5.91 Å². The number of fused-ring (bicyclic) bond motifs is 4. The molecule has 4 N–H and O–H groups in total. The average molecular weight is 922 g/mol. The molecule has 0 bridgehead atoms. The predicted molar refractivity (Wildman–Crippen MR) is 256 cm³/mol. The van der Waals surface area contributed by atoms with Gasteiger partial charge in [0.05, 0.1) is 29.8 Å². The molecule has 0 saturated carbocycles. The molecule has 15 heteroatoms. The largest absolute Gasteiger partial charge is 0.453 e. The monoisotopic (exact) mass is 921 g/mol. The van der Waals surface area contributed by atoms with Gasteiger partial charge in [0.25, 0.3) is 0 Å². The Morgan fingerprint density at radius 1 is 0.926 bits per heavy atom. The molecule has 2 fully saturated rings. The van der Waals surface area contributed by atoms with Crippen molar-refractivity contribution in [3.63, 3.8) is 0 Å². The number of carbonyl (C=O) groups is 4. The first kappa shape index (κ1) is 45.9. The number of amides is 3. The molecule has 9 rings (SSSR count). The second-order valence-electron chi connectivity index (χ2n) is 18.5. The Morgan fingerprint density at radius 3 is 2.28 bits per heavy atom. The average Bonchev–Trinajstić information content (AvgIpc) is 4.16. The number of aliphatic hydroxyl groups is 1. The molecule has 3 heterocycles. The van der Waals surface area contributed by atoms with Crippen molar-refractivity contribution in [2.24, 2.45) is 0 Å². The van der Waals surface area contributed by atoms with Crippen LogP contribution in [-0.4, -0.2) is 99.8 Å². The number of aromatic amines is 1. The van der Waals surface area contributed by atoms with Gasteiger partial charge in [0.1, 0.15) is 36.1 Å². The van der Waals surface area contributed by atoms with E-state index >= 15 is 0 Å². The van der Waals surface area contributed by atoms with Gasteiger partial charge >= 0.3 is 12.2 Å². The van der Waals surface area contributed by atoms with E-state index in [9.17, 15) is 28.7 Å². The van der Waals surface area contributed by atoms with Crippen LogP contribution in [0.15, 0.2) is 115 Å². The zero-order valence-electron chi connectivity index (χ0n) is 38.4. The molecule has 0 radical (unpaired) electrons. The lowest BCUT2D eigenvalue weighted by Crippen LogP contribution is -2.58. The number of nitrogens with zero attached hydrogens (tertiary/aromatic N) is 4. The number of hydrogen-bond donors (Lipinski definition) is 4. The highest BCUT2D eigenvalue weighted by molar-refractivity contribution is 5.88. The minimum Gasteiger partial charge on any atom is -0.453 e. The van der Waals surface area contributed by atoms with Gasteiger partial charge in [-0.05, 0) is 121 Å². The molecule has 3 aliphatic rings. The molecule has 14 nitrogen and oxygen atoms in total. The van der Waals surface area contributed by atoms with E-state index in [0.717, 1.165) is 68.5 Å². The Bertz CT molecular complexity index is 2770. The zero-order valence-corrected chi connectivity index (χ0v) is 38.4. The number of aromatic nitrogens is 2. The predicted octanol–water partition coefficient (Wildman–Crippen LogP) is 8.46. The molecule has 3 atom stereocenters. The number of ether oxygens (including phenoxy) is 2. The van der Waals surface area contributed by atoms with Gasteiger partial charge in [0, 0.05) is 50.0 Å². The quantitative estimate of drug-likeness (QED) is 0.0734. The van der Waals surface area contributed by atoms with Crippen molar-refractivity contribution < 1.29 is 38.1 Å². The van der Waals surface area contributed by atoms with Crippen LogP contribution in [0.25, 0.3) is 22.2 Å². The third-order valence-electron chi connectivity index (χ3n) is 13.6. The first-order valence-electron chi connectivity index (χ1n) is 23.1. The lowest BCUT2D eigenvalue weighted by molar-refractivity contribution is -0.140. The molecular formula is C53H56FN7O7. The van der Waals surface area contributed by atoms with E-state index in [2.05, 4.69) is 44.8 Å². The van der Waals surface area contributed by atoms with Crippen molar-refractivity contribution in [2.45, 2.75) is 81.8 Å². The number of rotatable bonds is 15. The number of benzene rings is 5. The highest BCUT2D eigenvalue weighted by Crippen LogP contribution is 2.45. The lowest BCUT2D eigenvalue weighted by Gasteiger charge is -2.34. The van der Waals surface area contributed by atoms with Crippen LogP contribution in [0.5, 0.6) is 0 Å². The van der Waals surface area contributed by atoms with Crippen molar-refractivity contribution in [3.05, 3.63) is 149 Å². The molecule has 1 aromatic heterocycles. The van der Waals surface area contributed by atoms with E-state index in [1.54, 1.807) is 21.9 Å². The molecule has 2 saturated heterocycles. The maximum Gasteiger partial charge on any atom is 0.410 e. The molecule has 6 aromatic rings. The molecule has 1 aliphatic carbocycles. The van der Waals surface area contributed by atoms with Crippen molar-refractivity contribution in [1.29, 1.82) is 0 Å². The Hall–Kier alpha value is -7.26. The summed E-state index contributed by atoms with van der Waals surface area (Å²) in [4.78, 5) is 66.1. The van der Waals surface area contributed by atoms with E-state index in [4.69, 9.17) is 14.5 Å². The van der Waals surface area contributed by atoms with Gasteiger partial charge in [-0.3, -0.25) is 9.69 Å². The number of methoxy groups -OCH3 is 1. The molecule has 2 aliphatic heterocycles. The minimum atomic E-state index is -1.55. The van der Waals surface area contributed by atoms with Crippen LogP contribution in [0, 0.1) is 5.82 Å². The second kappa shape index (κ2) is 19.2. The molecule has 5 aromatic carbocycles. The summed E-state index contributed by atoms with van der Waals surface area (Å²) in [6, 6.07) is 35.0. The van der Waals surface area contributed by atoms with Crippen molar-refractivity contribution >= 4 is 46.8 Å². The first-order chi connectivity index (χ1) is 32.8. The molecule has 2 unspecified atom stereocenters. The van der Waals surface area contributed by atoms with Crippen LogP contribution >= 0.6 is 0 Å². The summed E-state index contributed by atoms with van der Waals surface area (Å²) in [6.45, 7) is 5.16. The number of anilines is 2. The van der Waals surface area contributed by atoms with Crippen LogP contribution in [-0.2, 0) is 32.2 Å². The normalized spacial score (nSPS) is 18.2. The summed E-state index contributed by atoms with van der Waals surface area (Å²) in [7, 11) is 1.20. The molecule has 0 spiro atoms. The maximum absolute atomic E-state index is 14.2. The topological polar surface area (TPSA) is 169 Å². The minimum absolute atomic E-state index is 0.0854. The molecule has 352 valence electrons. The number of halogens is 1. The maximum atomic E-state index is 14.2. The fourth-order valence-electron chi connectivity index (χ4n) is 10.0. The summed E-state index contributed by atoms with van der Waals surface area (Å²) in [6.07, 6.45) is 2.13. The van der Waals surface area contributed by atoms with Crippen molar-refractivity contribution in [1.82, 2.24) is 25.1 Å². The summed E-state index contributed by atoms with van der Waals surface area (Å²) in [5.41, 5.74) is 7.02. The summed E-state index contributed by atoms with van der Waals surface area (Å²) in [5.74, 6) is -0.242. The number of nitrogens with one attached hydrogen (secondary N) is 3. The van der Waals surface area contributed by atoms with Crippen LogP contribution in [0.3, 0.4) is 0 Å². The SMILES string of the molecule is COC(=O)N[C@H](C(=O)N1CCCC1c1nc2ccc(CN(Cc3ccc(NCC4(C=O)CCCN4C(=O)OCC4c5ccccc5-c5ccccc54)cc3)c3ccc(F)cc3)cc2[nH]1)C(C)(C)O. The number of imidazole rings is 1. The summed E-state index contributed by atoms with van der Waals surface area (Å²) >= 11 is 0. The number of H-pyrrole nitrogens is 1. The Balaban J connectivity index is 0.858. The summed E-state index contributed by atoms with van der Waals surface area (Å²) in [5, 5.41) is 16.7. The van der Waals surface area contributed by atoms with Gasteiger partial charge in [-0.2, -0.15) is 0 Å². The summed E-state index contributed by atoms with van der Waals surface area (Å²) < 4.78 is 24.9. The number of alkyl carbamates (subject to hydrolysis) is 1. The van der Waals surface area contributed by atoms with Gasteiger partial charge < -0.3 is 44.8 Å². The van der Waals surface area contributed by atoms with E-state index in [1.165, 1.54) is 33.1 Å². The zero-order chi connectivity index (χ0) is 47.6. The van der Waals surface area contributed by atoms with Gasteiger partial charge in [-0.15, -0.1) is 0 Å². The number of hydrogen-bond acceptors (Lipinski definition) is 10. The van der Waals surface area contributed by atoms with E-state index in [0.29, 0.717) is 51.3 Å². The fraction of sp³-hybridized carbons (Fsp3) is 0.340. The third kappa shape index (κ3) is 9.35. The standard InChI is InChI=1S/C53H56FN7O7/c1-52(2,66)47(58-50(64)67-3)49(63)60-26-8-14-46(60)48-56-44-24-17-35(28-45(44)57-48)30-59(38-22-18-36(54)19-23-38)29-34-15-20-37(21-16-34)55-32-53(33-62)25-9-27-61(53)51(65)68-31-43-41-12-6-4-10-39(41)40-11-5-7-13-42(40)43/h4-7,10-13,15-24,28,33,43,46-47,55,66H,8-9,14,25-27,29-32H2,1-3H3,(H,56,57)(H,58,64)/t46?,47-,53?/m1/s1. The highest BCUT2D eigenvalue weighted by atomic mass is 19.1.